The van der Waals surface area contributed by atoms with Gasteiger partial charge in [0.25, 0.3) is 0 Å². The minimum atomic E-state index is 0.521. The van der Waals surface area contributed by atoms with Crippen LogP contribution in [0.3, 0.4) is 0 Å². The molecular formula is C12H19NS2. The third kappa shape index (κ3) is 3.51. The summed E-state index contributed by atoms with van der Waals surface area (Å²) in [5.41, 5.74) is 0. The van der Waals surface area contributed by atoms with Crippen LogP contribution in [0.1, 0.15) is 37.1 Å². The van der Waals surface area contributed by atoms with Crippen LogP contribution in [-0.2, 0) is 0 Å². The fourth-order valence-corrected chi connectivity index (χ4v) is 3.93. The maximum absolute atomic E-state index is 3.64. The average molecular weight is 241 g/mol. The van der Waals surface area contributed by atoms with E-state index in [0.717, 1.165) is 5.25 Å². The molecule has 0 spiro atoms. The minimum absolute atomic E-state index is 0.521. The molecule has 1 fully saturated rings. The van der Waals surface area contributed by atoms with E-state index in [2.05, 4.69) is 41.5 Å². The van der Waals surface area contributed by atoms with Crippen LogP contribution in [0.25, 0.3) is 0 Å². The summed E-state index contributed by atoms with van der Waals surface area (Å²) in [6, 6.07) is 4.87. The Morgan fingerprint density at radius 2 is 2.47 bits per heavy atom. The highest BCUT2D eigenvalue weighted by Gasteiger charge is 2.15. The molecule has 0 aliphatic carbocycles. The molecule has 15 heavy (non-hydrogen) atoms. The molecule has 2 atom stereocenters. The Bertz CT molecular complexity index is 265. The first-order valence-corrected chi connectivity index (χ1v) is 7.67. The summed E-state index contributed by atoms with van der Waals surface area (Å²) in [7, 11) is 0. The van der Waals surface area contributed by atoms with Crippen molar-refractivity contribution in [2.45, 2.75) is 37.5 Å². The molecule has 1 aliphatic heterocycles. The summed E-state index contributed by atoms with van der Waals surface area (Å²) in [4.78, 5) is 1.45. The second kappa shape index (κ2) is 5.92. The van der Waals surface area contributed by atoms with Crippen LogP contribution in [0.5, 0.6) is 0 Å². The smallest absolute Gasteiger partial charge is 0.0386 e. The van der Waals surface area contributed by atoms with Crippen molar-refractivity contribution in [1.29, 1.82) is 0 Å². The first kappa shape index (κ1) is 11.5. The van der Waals surface area contributed by atoms with Crippen LogP contribution in [-0.4, -0.2) is 17.5 Å². The summed E-state index contributed by atoms with van der Waals surface area (Å²) in [5.74, 6) is 1.36. The lowest BCUT2D eigenvalue weighted by Gasteiger charge is -2.23. The second-order valence-electron chi connectivity index (χ2n) is 4.13. The van der Waals surface area contributed by atoms with Gasteiger partial charge < -0.3 is 5.32 Å². The Labute approximate surface area is 101 Å². The lowest BCUT2D eigenvalue weighted by molar-refractivity contribution is 0.543. The molecule has 0 aromatic carbocycles. The fourth-order valence-electron chi connectivity index (χ4n) is 1.91. The van der Waals surface area contributed by atoms with Crippen molar-refractivity contribution < 1.29 is 0 Å². The summed E-state index contributed by atoms with van der Waals surface area (Å²) in [5, 5.41) is 6.65. The van der Waals surface area contributed by atoms with Crippen LogP contribution >= 0.6 is 23.1 Å². The van der Waals surface area contributed by atoms with Gasteiger partial charge in [-0.2, -0.15) is 11.8 Å². The van der Waals surface area contributed by atoms with E-state index in [1.54, 1.807) is 0 Å². The maximum atomic E-state index is 3.64. The van der Waals surface area contributed by atoms with E-state index in [4.69, 9.17) is 0 Å². The quantitative estimate of drug-likeness (QED) is 0.863. The molecule has 1 N–H and O–H groups in total. The van der Waals surface area contributed by atoms with Crippen molar-refractivity contribution in [3.8, 4) is 0 Å². The molecule has 0 amide bonds. The van der Waals surface area contributed by atoms with E-state index >= 15 is 0 Å². The Balaban J connectivity index is 1.73. The van der Waals surface area contributed by atoms with Gasteiger partial charge in [-0.15, -0.1) is 11.3 Å². The SMILES string of the molecule is CC(NCC1CCCCS1)c1cccs1. The predicted molar refractivity (Wildman–Crippen MR) is 70.8 cm³/mol. The van der Waals surface area contributed by atoms with Gasteiger partial charge in [-0.1, -0.05) is 12.5 Å². The van der Waals surface area contributed by atoms with Crippen molar-refractivity contribution >= 4 is 23.1 Å². The summed E-state index contributed by atoms with van der Waals surface area (Å²) in [6.45, 7) is 3.43. The van der Waals surface area contributed by atoms with Gasteiger partial charge in [0, 0.05) is 22.7 Å². The molecule has 3 heteroatoms. The van der Waals surface area contributed by atoms with Crippen LogP contribution in [0, 0.1) is 0 Å². The molecule has 84 valence electrons. The van der Waals surface area contributed by atoms with E-state index in [9.17, 15) is 0 Å². The Morgan fingerprint density at radius 1 is 1.53 bits per heavy atom. The van der Waals surface area contributed by atoms with Gasteiger partial charge in [0.15, 0.2) is 0 Å². The number of rotatable bonds is 4. The highest BCUT2D eigenvalue weighted by atomic mass is 32.2. The molecule has 0 radical (unpaired) electrons. The number of thiophene rings is 1. The lowest BCUT2D eigenvalue weighted by atomic mass is 10.2. The van der Waals surface area contributed by atoms with Crippen LogP contribution in [0.15, 0.2) is 17.5 Å². The zero-order valence-corrected chi connectivity index (χ0v) is 10.9. The molecule has 0 bridgehead atoms. The molecule has 0 saturated carbocycles. The molecule has 2 heterocycles. The highest BCUT2D eigenvalue weighted by Crippen LogP contribution is 2.25. The topological polar surface area (TPSA) is 12.0 Å². The molecule has 1 saturated heterocycles. The minimum Gasteiger partial charge on any atom is -0.308 e. The van der Waals surface area contributed by atoms with Gasteiger partial charge in [-0.05, 0) is 37.0 Å². The number of hydrogen-bond donors (Lipinski definition) is 1. The van der Waals surface area contributed by atoms with E-state index in [1.165, 1.54) is 36.4 Å². The molecular weight excluding hydrogens is 222 g/mol. The van der Waals surface area contributed by atoms with Gasteiger partial charge in [0.1, 0.15) is 0 Å². The van der Waals surface area contributed by atoms with Crippen molar-refractivity contribution in [3.05, 3.63) is 22.4 Å². The number of nitrogens with one attached hydrogen (secondary N) is 1. The molecule has 2 unspecified atom stereocenters. The van der Waals surface area contributed by atoms with Crippen molar-refractivity contribution in [2.75, 3.05) is 12.3 Å². The highest BCUT2D eigenvalue weighted by molar-refractivity contribution is 7.99. The normalized spacial score (nSPS) is 23.9. The van der Waals surface area contributed by atoms with Crippen molar-refractivity contribution in [1.82, 2.24) is 5.32 Å². The fraction of sp³-hybridized carbons (Fsp3) is 0.667. The van der Waals surface area contributed by atoms with E-state index in [0.29, 0.717) is 6.04 Å². The first-order valence-electron chi connectivity index (χ1n) is 5.74. The number of thioether (sulfide) groups is 1. The zero-order valence-electron chi connectivity index (χ0n) is 9.24. The largest absolute Gasteiger partial charge is 0.308 e. The summed E-state index contributed by atoms with van der Waals surface area (Å²) >= 11 is 3.99. The van der Waals surface area contributed by atoms with Gasteiger partial charge in [0.2, 0.25) is 0 Å². The average Bonchev–Trinajstić information content (AvgIpc) is 2.81. The van der Waals surface area contributed by atoms with E-state index < -0.39 is 0 Å². The van der Waals surface area contributed by atoms with Gasteiger partial charge in [-0.25, -0.2) is 0 Å². The van der Waals surface area contributed by atoms with Crippen LogP contribution < -0.4 is 5.32 Å². The molecule has 1 aromatic heterocycles. The maximum Gasteiger partial charge on any atom is 0.0386 e. The zero-order chi connectivity index (χ0) is 10.5. The summed E-state index contributed by atoms with van der Waals surface area (Å²) < 4.78 is 0. The monoisotopic (exact) mass is 241 g/mol. The Hall–Kier alpha value is 0.01000. The Kier molecular flexibility index (Phi) is 4.54. The van der Waals surface area contributed by atoms with Gasteiger partial charge >= 0.3 is 0 Å². The third-order valence-electron chi connectivity index (χ3n) is 2.90. The lowest BCUT2D eigenvalue weighted by Crippen LogP contribution is -2.28. The molecule has 1 aromatic rings. The van der Waals surface area contributed by atoms with Crippen LogP contribution in [0.4, 0.5) is 0 Å². The van der Waals surface area contributed by atoms with E-state index in [1.807, 2.05) is 11.3 Å². The second-order valence-corrected chi connectivity index (χ2v) is 6.52. The summed E-state index contributed by atoms with van der Waals surface area (Å²) in [6.07, 6.45) is 4.24. The first-order chi connectivity index (χ1) is 7.36. The predicted octanol–water partition coefficient (Wildman–Crippen LogP) is 3.68. The van der Waals surface area contributed by atoms with Crippen molar-refractivity contribution in [3.63, 3.8) is 0 Å². The van der Waals surface area contributed by atoms with Gasteiger partial charge in [0.05, 0.1) is 0 Å². The van der Waals surface area contributed by atoms with Crippen LogP contribution in [0.2, 0.25) is 0 Å². The molecule has 1 aliphatic rings. The third-order valence-corrected chi connectivity index (χ3v) is 5.35. The van der Waals surface area contributed by atoms with Gasteiger partial charge in [-0.3, -0.25) is 0 Å². The number of hydrogen-bond acceptors (Lipinski definition) is 3. The standard InChI is InChI=1S/C12H19NS2/c1-10(12-6-4-8-15-12)13-9-11-5-2-3-7-14-11/h4,6,8,10-11,13H,2-3,5,7,9H2,1H3. The Morgan fingerprint density at radius 3 is 3.13 bits per heavy atom. The van der Waals surface area contributed by atoms with Crippen molar-refractivity contribution in [2.24, 2.45) is 0 Å². The molecule has 1 nitrogen and oxygen atoms in total. The molecule has 2 rings (SSSR count). The van der Waals surface area contributed by atoms with E-state index in [-0.39, 0.29) is 0 Å².